The molecule has 2 aliphatic rings. The molecule has 0 radical (unpaired) electrons. The van der Waals surface area contributed by atoms with E-state index in [1.54, 1.807) is 43.9 Å². The van der Waals surface area contributed by atoms with Crippen LogP contribution in [0.25, 0.3) is 0 Å². The molecule has 2 heterocycles. The summed E-state index contributed by atoms with van der Waals surface area (Å²) in [5.41, 5.74) is -0.399. The van der Waals surface area contributed by atoms with Gasteiger partial charge in [-0.15, -0.1) is 0 Å². The zero-order chi connectivity index (χ0) is 22.6. The second-order valence-electron chi connectivity index (χ2n) is 8.73. The zero-order valence-electron chi connectivity index (χ0n) is 18.3. The molecule has 2 aliphatic heterocycles. The van der Waals surface area contributed by atoms with E-state index >= 15 is 0 Å². The largest absolute Gasteiger partial charge is 0.444 e. The third-order valence-electron chi connectivity index (χ3n) is 5.21. The lowest BCUT2D eigenvalue weighted by atomic mass is 10.0. The molecule has 2 amide bonds. The van der Waals surface area contributed by atoms with E-state index in [0.717, 1.165) is 0 Å². The number of ether oxygens (including phenoxy) is 2. The van der Waals surface area contributed by atoms with Crippen LogP contribution in [0.2, 0.25) is 0 Å². The van der Waals surface area contributed by atoms with Crippen LogP contribution in [-0.4, -0.2) is 80.7 Å². The molecular formula is C21H31N3O6S. The van der Waals surface area contributed by atoms with Gasteiger partial charge in [0, 0.05) is 32.2 Å². The van der Waals surface area contributed by atoms with Crippen LogP contribution in [0.15, 0.2) is 29.2 Å². The predicted molar refractivity (Wildman–Crippen MR) is 114 cm³/mol. The molecule has 31 heavy (non-hydrogen) atoms. The Bertz CT molecular complexity index is 898. The van der Waals surface area contributed by atoms with Crippen molar-refractivity contribution in [2.24, 2.45) is 0 Å². The number of morpholine rings is 1. The number of benzene rings is 1. The summed E-state index contributed by atoms with van der Waals surface area (Å²) < 4.78 is 38.1. The highest BCUT2D eigenvalue weighted by atomic mass is 32.2. The van der Waals surface area contributed by atoms with Crippen molar-refractivity contribution < 1.29 is 27.5 Å². The van der Waals surface area contributed by atoms with Crippen LogP contribution in [0.3, 0.4) is 0 Å². The minimum atomic E-state index is -3.79. The van der Waals surface area contributed by atoms with Gasteiger partial charge in [-0.2, -0.15) is 4.31 Å². The maximum absolute atomic E-state index is 13.2. The van der Waals surface area contributed by atoms with Gasteiger partial charge in [-0.05, 0) is 45.7 Å². The molecule has 1 aromatic carbocycles. The monoisotopic (exact) mass is 453 g/mol. The molecule has 1 N–H and O–H groups in total. The van der Waals surface area contributed by atoms with Gasteiger partial charge in [0.05, 0.1) is 23.7 Å². The average Bonchev–Trinajstić information content (AvgIpc) is 2.73. The molecule has 0 aliphatic carbocycles. The molecule has 1 aromatic rings. The molecule has 2 fully saturated rings. The fourth-order valence-corrected chi connectivity index (χ4v) is 5.26. The molecule has 0 bridgehead atoms. The van der Waals surface area contributed by atoms with Gasteiger partial charge in [-0.25, -0.2) is 13.2 Å². The first-order chi connectivity index (χ1) is 14.6. The number of nitrogens with zero attached hydrogens (tertiary/aromatic N) is 2. The summed E-state index contributed by atoms with van der Waals surface area (Å²) in [6, 6.07) is 6.24. The van der Waals surface area contributed by atoms with Crippen LogP contribution in [0.5, 0.6) is 0 Å². The third kappa shape index (κ3) is 5.96. The van der Waals surface area contributed by atoms with Crippen LogP contribution in [0.1, 0.15) is 44.0 Å². The molecule has 0 unspecified atom stereocenters. The van der Waals surface area contributed by atoms with E-state index in [2.05, 4.69) is 5.32 Å². The van der Waals surface area contributed by atoms with Crippen LogP contribution in [0, 0.1) is 0 Å². The SMILES string of the molecule is CC(C)(C)OC(=O)NC1CCN(C(=O)c2ccccc2S(=O)(=O)N2CCOCC2)CC1. The Balaban J connectivity index is 1.66. The van der Waals surface area contributed by atoms with Crippen molar-refractivity contribution in [1.82, 2.24) is 14.5 Å². The van der Waals surface area contributed by atoms with Gasteiger partial charge >= 0.3 is 6.09 Å². The summed E-state index contributed by atoms with van der Waals surface area (Å²) in [5.74, 6) is -0.317. The Hall–Kier alpha value is -2.17. The molecule has 172 valence electrons. The van der Waals surface area contributed by atoms with Crippen LogP contribution in [-0.2, 0) is 19.5 Å². The highest BCUT2D eigenvalue weighted by Crippen LogP contribution is 2.24. The number of hydrogen-bond donors (Lipinski definition) is 1. The van der Waals surface area contributed by atoms with Crippen LogP contribution >= 0.6 is 0 Å². The Morgan fingerprint density at radius 2 is 1.68 bits per heavy atom. The number of carbonyl (C=O) groups is 2. The van der Waals surface area contributed by atoms with Gasteiger partial charge in [-0.1, -0.05) is 12.1 Å². The number of amides is 2. The molecule has 9 nitrogen and oxygen atoms in total. The quantitative estimate of drug-likeness (QED) is 0.746. The van der Waals surface area contributed by atoms with Gasteiger partial charge in [0.25, 0.3) is 5.91 Å². The van der Waals surface area contributed by atoms with Gasteiger partial charge in [-0.3, -0.25) is 4.79 Å². The van der Waals surface area contributed by atoms with Crippen molar-refractivity contribution >= 4 is 22.0 Å². The predicted octanol–water partition coefficient (Wildman–Crippen LogP) is 1.84. The van der Waals surface area contributed by atoms with Gasteiger partial charge in [0.2, 0.25) is 10.0 Å². The Morgan fingerprint density at radius 3 is 2.29 bits per heavy atom. The van der Waals surface area contributed by atoms with E-state index in [0.29, 0.717) is 39.1 Å². The fourth-order valence-electron chi connectivity index (χ4n) is 3.67. The van der Waals surface area contributed by atoms with Crippen molar-refractivity contribution in [3.63, 3.8) is 0 Å². The van der Waals surface area contributed by atoms with Crippen molar-refractivity contribution in [1.29, 1.82) is 0 Å². The number of rotatable bonds is 4. The summed E-state index contributed by atoms with van der Waals surface area (Å²) in [5, 5.41) is 2.84. The van der Waals surface area contributed by atoms with Crippen molar-refractivity contribution in [2.45, 2.75) is 50.2 Å². The van der Waals surface area contributed by atoms with Crippen LogP contribution < -0.4 is 5.32 Å². The summed E-state index contributed by atoms with van der Waals surface area (Å²) in [4.78, 5) is 26.8. The van der Waals surface area contributed by atoms with Crippen LogP contribution in [0.4, 0.5) is 4.79 Å². The second kappa shape index (κ2) is 9.54. The van der Waals surface area contributed by atoms with E-state index in [1.165, 1.54) is 10.4 Å². The number of piperidine rings is 1. The van der Waals surface area contributed by atoms with Crippen molar-refractivity contribution in [3.05, 3.63) is 29.8 Å². The molecule has 0 aromatic heterocycles. The summed E-state index contributed by atoms with van der Waals surface area (Å²) in [6.45, 7) is 7.47. The minimum Gasteiger partial charge on any atom is -0.444 e. The van der Waals surface area contributed by atoms with E-state index in [9.17, 15) is 18.0 Å². The number of carbonyl (C=O) groups excluding carboxylic acids is 2. The summed E-state index contributed by atoms with van der Waals surface area (Å²) >= 11 is 0. The summed E-state index contributed by atoms with van der Waals surface area (Å²) in [6.07, 6.45) is 0.673. The Kier molecular flexibility index (Phi) is 7.23. The lowest BCUT2D eigenvalue weighted by Crippen LogP contribution is -2.48. The average molecular weight is 454 g/mol. The standard InChI is InChI=1S/C21H31N3O6S/c1-21(2,3)30-20(26)22-16-8-10-23(11-9-16)19(25)17-6-4-5-7-18(17)31(27,28)24-12-14-29-15-13-24/h4-7,16H,8-15H2,1-3H3,(H,22,26). The first-order valence-electron chi connectivity index (χ1n) is 10.5. The molecule has 2 saturated heterocycles. The first-order valence-corrected chi connectivity index (χ1v) is 12.0. The first kappa shape index (κ1) is 23.5. The lowest BCUT2D eigenvalue weighted by Gasteiger charge is -2.33. The topological polar surface area (TPSA) is 105 Å². The van der Waals surface area contributed by atoms with Crippen molar-refractivity contribution in [2.75, 3.05) is 39.4 Å². The van der Waals surface area contributed by atoms with E-state index in [-0.39, 0.29) is 35.5 Å². The summed E-state index contributed by atoms with van der Waals surface area (Å²) in [7, 11) is -3.79. The highest BCUT2D eigenvalue weighted by Gasteiger charge is 2.33. The lowest BCUT2D eigenvalue weighted by molar-refractivity contribution is 0.0473. The van der Waals surface area contributed by atoms with Gasteiger partial charge in [0.1, 0.15) is 5.60 Å². The molecule has 3 rings (SSSR count). The van der Waals surface area contributed by atoms with Gasteiger partial charge in [0.15, 0.2) is 0 Å². The van der Waals surface area contributed by atoms with E-state index in [1.807, 2.05) is 0 Å². The van der Waals surface area contributed by atoms with Crippen molar-refractivity contribution in [3.8, 4) is 0 Å². The number of nitrogens with one attached hydrogen (secondary N) is 1. The molecule has 0 atom stereocenters. The molecule has 10 heteroatoms. The fraction of sp³-hybridized carbons (Fsp3) is 0.619. The molecule has 0 spiro atoms. The maximum atomic E-state index is 13.2. The molecule has 0 saturated carbocycles. The van der Waals surface area contributed by atoms with Gasteiger partial charge < -0.3 is 19.7 Å². The number of sulfonamides is 1. The number of hydrogen-bond acceptors (Lipinski definition) is 6. The number of alkyl carbamates (subject to hydrolysis) is 1. The Morgan fingerprint density at radius 1 is 1.06 bits per heavy atom. The number of likely N-dealkylation sites (tertiary alicyclic amines) is 1. The Labute approximate surface area is 183 Å². The second-order valence-corrected chi connectivity index (χ2v) is 10.6. The third-order valence-corrected chi connectivity index (χ3v) is 7.17. The van der Waals surface area contributed by atoms with E-state index in [4.69, 9.17) is 9.47 Å². The highest BCUT2D eigenvalue weighted by molar-refractivity contribution is 7.89. The normalized spacial score (nSPS) is 19.1. The molecular weight excluding hydrogens is 422 g/mol. The zero-order valence-corrected chi connectivity index (χ0v) is 19.1. The smallest absolute Gasteiger partial charge is 0.407 e. The van der Waals surface area contributed by atoms with E-state index < -0.39 is 21.7 Å². The minimum absolute atomic E-state index is 0.0240. The maximum Gasteiger partial charge on any atom is 0.407 e.